The SMILES string of the molecule is COc1ccc(-c2c(NC(=O)Nc3ccc(F)cc3F)c(=O)n(C)c3ccc(C)cc23)cc1OC. The van der Waals surface area contributed by atoms with Crippen molar-refractivity contribution in [1.29, 1.82) is 0 Å². The molecule has 0 spiro atoms. The van der Waals surface area contributed by atoms with Gasteiger partial charge in [-0.15, -0.1) is 0 Å². The minimum absolute atomic E-state index is 0.0159. The smallest absolute Gasteiger partial charge is 0.323 e. The van der Waals surface area contributed by atoms with Crippen molar-refractivity contribution in [2.75, 3.05) is 24.9 Å². The zero-order valence-corrected chi connectivity index (χ0v) is 19.5. The summed E-state index contributed by atoms with van der Waals surface area (Å²) in [5.41, 5.74) is 1.94. The molecule has 0 aliphatic carbocycles. The Balaban J connectivity index is 1.90. The molecule has 0 saturated carbocycles. The first-order valence-electron chi connectivity index (χ1n) is 10.6. The van der Waals surface area contributed by atoms with Crippen LogP contribution >= 0.6 is 0 Å². The number of carbonyl (C=O) groups excluding carboxylic acids is 1. The van der Waals surface area contributed by atoms with E-state index in [0.29, 0.717) is 39.6 Å². The summed E-state index contributed by atoms with van der Waals surface area (Å²) in [6.45, 7) is 1.92. The molecule has 35 heavy (non-hydrogen) atoms. The Labute approximate surface area is 199 Å². The Bertz CT molecular complexity index is 1520. The molecule has 0 radical (unpaired) electrons. The number of rotatable bonds is 5. The molecule has 0 fully saturated rings. The third-order valence-electron chi connectivity index (χ3n) is 5.64. The molecule has 4 aromatic rings. The van der Waals surface area contributed by atoms with E-state index in [4.69, 9.17) is 9.47 Å². The van der Waals surface area contributed by atoms with Gasteiger partial charge >= 0.3 is 6.03 Å². The molecule has 2 N–H and O–H groups in total. The van der Waals surface area contributed by atoms with Gasteiger partial charge in [-0.05, 0) is 48.9 Å². The number of nitrogens with zero attached hydrogens (tertiary/aromatic N) is 1. The van der Waals surface area contributed by atoms with Crippen molar-refractivity contribution in [3.63, 3.8) is 0 Å². The summed E-state index contributed by atoms with van der Waals surface area (Å²) >= 11 is 0. The monoisotopic (exact) mass is 479 g/mol. The third-order valence-corrected chi connectivity index (χ3v) is 5.64. The number of nitrogens with one attached hydrogen (secondary N) is 2. The van der Waals surface area contributed by atoms with Crippen LogP contribution in [0, 0.1) is 18.6 Å². The Morgan fingerprint density at radius 3 is 2.34 bits per heavy atom. The molecule has 180 valence electrons. The van der Waals surface area contributed by atoms with Crippen LogP contribution in [0.5, 0.6) is 11.5 Å². The molecule has 3 aromatic carbocycles. The van der Waals surface area contributed by atoms with Gasteiger partial charge in [-0.2, -0.15) is 0 Å². The quantitative estimate of drug-likeness (QED) is 0.399. The van der Waals surface area contributed by atoms with E-state index in [1.54, 1.807) is 25.2 Å². The minimum atomic E-state index is -0.942. The molecule has 0 aliphatic heterocycles. The third kappa shape index (κ3) is 4.52. The molecule has 1 heterocycles. The number of hydrogen-bond donors (Lipinski definition) is 2. The summed E-state index contributed by atoms with van der Waals surface area (Å²) in [4.78, 5) is 26.2. The predicted molar refractivity (Wildman–Crippen MR) is 131 cm³/mol. The number of urea groups is 1. The number of fused-ring (bicyclic) bond motifs is 1. The van der Waals surface area contributed by atoms with Crippen LogP contribution in [0.4, 0.5) is 25.0 Å². The Morgan fingerprint density at radius 2 is 1.66 bits per heavy atom. The first kappa shape index (κ1) is 23.7. The minimum Gasteiger partial charge on any atom is -0.493 e. The Hall–Kier alpha value is -4.40. The highest BCUT2D eigenvalue weighted by Crippen LogP contribution is 2.38. The number of methoxy groups -OCH3 is 2. The summed E-state index contributed by atoms with van der Waals surface area (Å²) < 4.78 is 39.5. The summed E-state index contributed by atoms with van der Waals surface area (Å²) in [7, 11) is 4.61. The number of carbonyl (C=O) groups is 1. The van der Waals surface area contributed by atoms with Crippen LogP contribution in [0.15, 0.2) is 59.4 Å². The van der Waals surface area contributed by atoms with Gasteiger partial charge in [-0.25, -0.2) is 13.6 Å². The molecule has 9 heteroatoms. The van der Waals surface area contributed by atoms with Crippen molar-refractivity contribution in [2.45, 2.75) is 6.92 Å². The van der Waals surface area contributed by atoms with E-state index in [2.05, 4.69) is 10.6 Å². The molecule has 4 rings (SSSR count). The number of amides is 2. The lowest BCUT2D eigenvalue weighted by Crippen LogP contribution is -2.28. The van der Waals surface area contributed by atoms with Gasteiger partial charge in [0, 0.05) is 24.1 Å². The molecule has 0 aliphatic rings. The van der Waals surface area contributed by atoms with Gasteiger partial charge < -0.3 is 24.7 Å². The average Bonchev–Trinajstić information content (AvgIpc) is 2.83. The maximum Gasteiger partial charge on any atom is 0.323 e. The van der Waals surface area contributed by atoms with Crippen LogP contribution in [0.1, 0.15) is 5.56 Å². The fourth-order valence-electron chi connectivity index (χ4n) is 3.93. The van der Waals surface area contributed by atoms with E-state index in [0.717, 1.165) is 17.7 Å². The number of pyridine rings is 1. The molecular weight excluding hydrogens is 456 g/mol. The van der Waals surface area contributed by atoms with E-state index in [9.17, 15) is 18.4 Å². The number of aryl methyl sites for hydroxylation is 2. The van der Waals surface area contributed by atoms with E-state index in [-0.39, 0.29) is 11.4 Å². The number of hydrogen-bond acceptors (Lipinski definition) is 4. The van der Waals surface area contributed by atoms with Crippen molar-refractivity contribution in [3.05, 3.63) is 82.1 Å². The topological polar surface area (TPSA) is 81.6 Å². The highest BCUT2D eigenvalue weighted by Gasteiger charge is 2.21. The van der Waals surface area contributed by atoms with E-state index >= 15 is 0 Å². The molecule has 2 amide bonds. The second-order valence-corrected chi connectivity index (χ2v) is 7.91. The standard InChI is InChI=1S/C26H23F2N3O4/c1-14-5-9-20-17(11-14)23(15-6-10-21(34-3)22(12-15)35-4)24(25(32)31(20)2)30-26(33)29-19-8-7-16(27)13-18(19)28/h5-13H,1-4H3,(H2,29,30,33). The lowest BCUT2D eigenvalue weighted by Gasteiger charge is -2.18. The number of benzene rings is 3. The van der Waals surface area contributed by atoms with Crippen molar-refractivity contribution < 1.29 is 23.0 Å². The lowest BCUT2D eigenvalue weighted by atomic mass is 9.97. The van der Waals surface area contributed by atoms with Crippen LogP contribution in [0.3, 0.4) is 0 Å². The maximum atomic E-state index is 14.1. The maximum absolute atomic E-state index is 14.1. The van der Waals surface area contributed by atoms with Crippen LogP contribution in [-0.4, -0.2) is 24.8 Å². The summed E-state index contributed by atoms with van der Waals surface area (Å²) in [6, 6.07) is 12.7. The molecule has 1 aromatic heterocycles. The fraction of sp³-hybridized carbons (Fsp3) is 0.154. The Kier molecular flexibility index (Phi) is 6.42. The predicted octanol–water partition coefficient (Wildman–Crippen LogP) is 5.45. The van der Waals surface area contributed by atoms with Gasteiger partial charge in [0.05, 0.1) is 25.4 Å². The van der Waals surface area contributed by atoms with Crippen molar-refractivity contribution in [1.82, 2.24) is 4.57 Å². The molecule has 0 atom stereocenters. The number of halogens is 2. The zero-order chi connectivity index (χ0) is 25.3. The zero-order valence-electron chi connectivity index (χ0n) is 19.5. The molecular formula is C26H23F2N3O4. The van der Waals surface area contributed by atoms with E-state index in [1.165, 1.54) is 18.8 Å². The highest BCUT2D eigenvalue weighted by atomic mass is 19.1. The van der Waals surface area contributed by atoms with Gasteiger partial charge in [-0.3, -0.25) is 4.79 Å². The highest BCUT2D eigenvalue weighted by molar-refractivity contribution is 6.08. The fourth-order valence-corrected chi connectivity index (χ4v) is 3.93. The molecule has 0 unspecified atom stereocenters. The second kappa shape index (κ2) is 9.46. The van der Waals surface area contributed by atoms with Crippen LogP contribution < -0.4 is 25.7 Å². The van der Waals surface area contributed by atoms with Crippen molar-refractivity contribution in [3.8, 4) is 22.6 Å². The summed E-state index contributed by atoms with van der Waals surface area (Å²) in [6.07, 6.45) is 0. The van der Waals surface area contributed by atoms with Crippen LogP contribution in [0.25, 0.3) is 22.0 Å². The lowest BCUT2D eigenvalue weighted by molar-refractivity contribution is 0.262. The molecule has 0 saturated heterocycles. The van der Waals surface area contributed by atoms with E-state index < -0.39 is 23.2 Å². The first-order chi connectivity index (χ1) is 16.7. The normalized spacial score (nSPS) is 10.8. The molecule has 0 bridgehead atoms. The summed E-state index contributed by atoms with van der Waals surface area (Å²) in [5.74, 6) is -0.778. The Morgan fingerprint density at radius 1 is 0.914 bits per heavy atom. The second-order valence-electron chi connectivity index (χ2n) is 7.91. The van der Waals surface area contributed by atoms with E-state index in [1.807, 2.05) is 25.1 Å². The number of aromatic nitrogens is 1. The number of ether oxygens (including phenoxy) is 2. The van der Waals surface area contributed by atoms with Crippen LogP contribution in [-0.2, 0) is 7.05 Å². The van der Waals surface area contributed by atoms with Crippen molar-refractivity contribution >= 4 is 28.3 Å². The van der Waals surface area contributed by atoms with Crippen molar-refractivity contribution in [2.24, 2.45) is 7.05 Å². The largest absolute Gasteiger partial charge is 0.493 e. The van der Waals surface area contributed by atoms with Gasteiger partial charge in [0.25, 0.3) is 5.56 Å². The molecule has 7 nitrogen and oxygen atoms in total. The van der Waals surface area contributed by atoms with Gasteiger partial charge in [0.15, 0.2) is 11.5 Å². The summed E-state index contributed by atoms with van der Waals surface area (Å²) in [5, 5.41) is 5.61. The van der Waals surface area contributed by atoms with Gasteiger partial charge in [0.1, 0.15) is 17.3 Å². The average molecular weight is 479 g/mol. The first-order valence-corrected chi connectivity index (χ1v) is 10.6. The van der Waals surface area contributed by atoms with Crippen LogP contribution in [0.2, 0.25) is 0 Å². The van der Waals surface area contributed by atoms with Gasteiger partial charge in [0.2, 0.25) is 0 Å². The number of anilines is 2. The van der Waals surface area contributed by atoms with Gasteiger partial charge in [-0.1, -0.05) is 17.7 Å².